The summed E-state index contributed by atoms with van der Waals surface area (Å²) in [5.74, 6) is 1.77. The van der Waals surface area contributed by atoms with Gasteiger partial charge in [-0.1, -0.05) is 48.5 Å². The lowest BCUT2D eigenvalue weighted by Gasteiger charge is -2.42. The van der Waals surface area contributed by atoms with E-state index in [0.717, 1.165) is 42.4 Å². The van der Waals surface area contributed by atoms with Crippen molar-refractivity contribution in [1.29, 1.82) is 0 Å². The molecule has 2 unspecified atom stereocenters. The van der Waals surface area contributed by atoms with E-state index >= 15 is 0 Å². The first-order chi connectivity index (χ1) is 25.3. The Labute approximate surface area is 302 Å². The van der Waals surface area contributed by atoms with Gasteiger partial charge < -0.3 is 34.5 Å². The molecule has 0 spiro atoms. The highest BCUT2D eigenvalue weighted by Gasteiger charge is 2.42. The van der Waals surface area contributed by atoms with Crippen molar-refractivity contribution >= 4 is 35.6 Å². The number of aliphatic imine (C=N–C) groups is 2. The number of unbranched alkanes of at least 4 members (excludes halogenated alkanes) is 2. The summed E-state index contributed by atoms with van der Waals surface area (Å²) in [6.07, 6.45) is 7.15. The summed E-state index contributed by atoms with van der Waals surface area (Å²) in [4.78, 5) is 40.4. The fourth-order valence-electron chi connectivity index (χ4n) is 7.47. The number of carbonyl (C=O) groups excluding carboxylic acids is 2. The summed E-state index contributed by atoms with van der Waals surface area (Å²) < 4.78 is 23.6. The van der Waals surface area contributed by atoms with Gasteiger partial charge in [0, 0.05) is 44.1 Å². The molecule has 8 rings (SSSR count). The highest BCUT2D eigenvalue weighted by atomic mass is 16.5. The lowest BCUT2D eigenvalue weighted by Crippen LogP contribution is -2.62. The van der Waals surface area contributed by atoms with Gasteiger partial charge in [-0.25, -0.2) is 0 Å². The first-order valence-electron chi connectivity index (χ1n) is 17.7. The quantitative estimate of drug-likeness (QED) is 0.196. The molecular formula is C41H41N5O6. The molecule has 2 N–H and O–H groups in total. The van der Waals surface area contributed by atoms with E-state index < -0.39 is 5.66 Å². The first kappa shape index (κ1) is 33.5. The van der Waals surface area contributed by atoms with E-state index in [-0.39, 0.29) is 17.9 Å². The van der Waals surface area contributed by atoms with Crippen molar-refractivity contribution in [2.75, 3.05) is 27.4 Å². The van der Waals surface area contributed by atoms with Crippen molar-refractivity contribution < 1.29 is 28.5 Å². The number of benzene rings is 4. The molecule has 0 saturated carbocycles. The maximum Gasteiger partial charge on any atom is 0.258 e. The van der Waals surface area contributed by atoms with Gasteiger partial charge in [0.05, 0.1) is 56.0 Å². The molecule has 2 amide bonds. The van der Waals surface area contributed by atoms with E-state index in [1.54, 1.807) is 49.6 Å². The molecule has 52 heavy (non-hydrogen) atoms. The summed E-state index contributed by atoms with van der Waals surface area (Å²) in [5.41, 5.74) is 12.4. The van der Waals surface area contributed by atoms with Crippen molar-refractivity contribution in [3.05, 3.63) is 106 Å². The van der Waals surface area contributed by atoms with E-state index in [1.807, 2.05) is 47.5 Å². The minimum atomic E-state index is -1.03. The largest absolute Gasteiger partial charge is 0.493 e. The number of ether oxygens (including phenoxy) is 4. The van der Waals surface area contributed by atoms with E-state index in [9.17, 15) is 9.59 Å². The number of fused-ring (bicyclic) bond motifs is 6. The lowest BCUT2D eigenvalue weighted by atomic mass is 9.90. The van der Waals surface area contributed by atoms with Crippen LogP contribution < -0.4 is 24.7 Å². The molecule has 0 fully saturated rings. The van der Waals surface area contributed by atoms with Crippen LogP contribution in [-0.4, -0.2) is 73.2 Å². The highest BCUT2D eigenvalue weighted by Crippen LogP contribution is 2.41. The van der Waals surface area contributed by atoms with Gasteiger partial charge in [0.25, 0.3) is 11.8 Å². The van der Waals surface area contributed by atoms with Crippen molar-refractivity contribution in [3.63, 3.8) is 0 Å². The Morgan fingerprint density at radius 1 is 0.712 bits per heavy atom. The normalized spacial score (nSPS) is 19.6. The van der Waals surface area contributed by atoms with Gasteiger partial charge in [-0.2, -0.15) is 0 Å². The topological polar surface area (TPSA) is 128 Å². The molecule has 0 saturated heterocycles. The van der Waals surface area contributed by atoms with Crippen LogP contribution in [0.1, 0.15) is 62.2 Å². The molecule has 4 aliphatic heterocycles. The van der Waals surface area contributed by atoms with E-state index in [0.29, 0.717) is 78.2 Å². The van der Waals surface area contributed by atoms with Crippen LogP contribution in [0.4, 0.5) is 11.4 Å². The molecule has 4 aromatic rings. The monoisotopic (exact) mass is 699 g/mol. The molecule has 0 aromatic heterocycles. The maximum atomic E-state index is 13.8. The Hall–Kier alpha value is -5.68. The number of rotatable bonds is 10. The number of nitrogens with zero attached hydrogens (tertiary/aromatic N) is 4. The Balaban J connectivity index is 0.873. The van der Waals surface area contributed by atoms with Crippen molar-refractivity contribution in [2.45, 2.75) is 56.9 Å². The molecule has 11 nitrogen and oxygen atoms in total. The summed E-state index contributed by atoms with van der Waals surface area (Å²) >= 11 is 0. The lowest BCUT2D eigenvalue weighted by molar-refractivity contribution is 0.0575. The van der Waals surface area contributed by atoms with Gasteiger partial charge in [-0.3, -0.25) is 19.6 Å². The van der Waals surface area contributed by atoms with Crippen LogP contribution >= 0.6 is 0 Å². The Kier molecular flexibility index (Phi) is 8.88. The number of carbonyl (C=O) groups is 2. The second kappa shape index (κ2) is 13.8. The zero-order chi connectivity index (χ0) is 35.8. The molecular weight excluding hydrogens is 658 g/mol. The van der Waals surface area contributed by atoms with E-state index in [2.05, 4.69) is 17.1 Å². The third kappa shape index (κ3) is 6.15. The van der Waals surface area contributed by atoms with Gasteiger partial charge in [-0.05, 0) is 60.1 Å². The average molecular weight is 700 g/mol. The molecule has 0 aliphatic carbocycles. The van der Waals surface area contributed by atoms with Crippen molar-refractivity contribution in [3.8, 4) is 23.0 Å². The van der Waals surface area contributed by atoms with Crippen LogP contribution in [0.15, 0.2) is 82.8 Å². The maximum absolute atomic E-state index is 13.8. The molecule has 0 radical (unpaired) electrons. The molecule has 4 aromatic carbocycles. The minimum Gasteiger partial charge on any atom is -0.493 e. The average Bonchev–Trinajstić information content (AvgIpc) is 3.36. The second-order valence-electron chi connectivity index (χ2n) is 13.6. The number of hydrogen-bond acceptors (Lipinski definition) is 9. The van der Waals surface area contributed by atoms with Crippen LogP contribution in [0, 0.1) is 0 Å². The molecule has 2 atom stereocenters. The molecule has 4 aliphatic rings. The molecule has 11 heteroatoms. The zero-order valence-corrected chi connectivity index (χ0v) is 29.3. The Morgan fingerprint density at radius 3 is 1.94 bits per heavy atom. The molecule has 4 heterocycles. The smallest absolute Gasteiger partial charge is 0.258 e. The van der Waals surface area contributed by atoms with Crippen LogP contribution in [0.3, 0.4) is 0 Å². The number of amides is 2. The highest BCUT2D eigenvalue weighted by molar-refractivity contribution is 6.05. The van der Waals surface area contributed by atoms with Gasteiger partial charge in [0.15, 0.2) is 23.0 Å². The first-order valence-corrected chi connectivity index (χ1v) is 17.7. The van der Waals surface area contributed by atoms with Gasteiger partial charge in [0.2, 0.25) is 0 Å². The van der Waals surface area contributed by atoms with Crippen molar-refractivity contribution in [2.24, 2.45) is 15.7 Å². The SMILES string of the molecule is COc1cc2c(cc1OCCCCCOc1cc3c(cc1OC)C(=O)N1Cc4ccccc4CC1(N)C=N3)N=CC1Cc3ccccc3CN1C2=O. The fourth-order valence-corrected chi connectivity index (χ4v) is 7.47. The summed E-state index contributed by atoms with van der Waals surface area (Å²) in [7, 11) is 3.13. The second-order valence-corrected chi connectivity index (χ2v) is 13.6. The van der Waals surface area contributed by atoms with Gasteiger partial charge >= 0.3 is 0 Å². The third-order valence-corrected chi connectivity index (χ3v) is 10.4. The van der Waals surface area contributed by atoms with Gasteiger partial charge in [0.1, 0.15) is 5.66 Å². The third-order valence-electron chi connectivity index (χ3n) is 10.4. The van der Waals surface area contributed by atoms with E-state index in [4.69, 9.17) is 29.7 Å². The van der Waals surface area contributed by atoms with Crippen LogP contribution in [-0.2, 0) is 25.9 Å². The number of hydrogen-bond donors (Lipinski definition) is 1. The fraction of sp³-hybridized carbons (Fsp3) is 0.317. The minimum absolute atomic E-state index is 0.0635. The Bertz CT molecular complexity index is 2110. The van der Waals surface area contributed by atoms with Crippen LogP contribution in [0.25, 0.3) is 0 Å². The van der Waals surface area contributed by atoms with E-state index in [1.165, 1.54) is 5.56 Å². The molecule has 266 valence electrons. The van der Waals surface area contributed by atoms with Crippen LogP contribution in [0.2, 0.25) is 0 Å². The summed E-state index contributed by atoms with van der Waals surface area (Å²) in [5, 5.41) is 0. The summed E-state index contributed by atoms with van der Waals surface area (Å²) in [6, 6.07) is 23.2. The molecule has 0 bridgehead atoms. The van der Waals surface area contributed by atoms with Crippen LogP contribution in [0.5, 0.6) is 23.0 Å². The standard InChI is InChI=1S/C41H41N5O6/c1-49-35-17-31-33(43-22-30-16-26-10-4-6-12-28(26)23-45(30)39(31)47)19-37(35)51-14-8-3-9-15-52-38-20-34-32(18-36(38)50-2)40(48)46-24-29-13-7-5-11-27(29)21-41(46,42)25-44-34/h4-7,10-13,17-20,22,25,30H,3,8-9,14-16,21,23-24,42H2,1-2H3. The Morgan fingerprint density at radius 2 is 1.29 bits per heavy atom. The number of methoxy groups -OCH3 is 2. The zero-order valence-electron chi connectivity index (χ0n) is 29.3. The van der Waals surface area contributed by atoms with Gasteiger partial charge in [-0.15, -0.1) is 0 Å². The number of nitrogens with two attached hydrogens (primary N) is 1. The predicted molar refractivity (Wildman–Crippen MR) is 198 cm³/mol. The van der Waals surface area contributed by atoms with Crippen molar-refractivity contribution in [1.82, 2.24) is 9.80 Å². The predicted octanol–water partition coefficient (Wildman–Crippen LogP) is 6.18. The summed E-state index contributed by atoms with van der Waals surface area (Å²) in [6.45, 7) is 1.85.